The summed E-state index contributed by atoms with van der Waals surface area (Å²) < 4.78 is 1.71. The summed E-state index contributed by atoms with van der Waals surface area (Å²) in [5, 5.41) is 0. The first-order chi connectivity index (χ1) is 24.9. The van der Waals surface area contributed by atoms with Gasteiger partial charge in [-0.15, -0.1) is 0 Å². The quantitative estimate of drug-likeness (QED) is 0.108. The van der Waals surface area contributed by atoms with Crippen LogP contribution in [0.5, 0.6) is 0 Å². The summed E-state index contributed by atoms with van der Waals surface area (Å²) in [6.07, 6.45) is 3.55. The number of benzene rings is 7. The molecule has 7 aromatic rings. The Hall–Kier alpha value is -4.77. The molecule has 0 atom stereocenters. The van der Waals surface area contributed by atoms with Gasteiger partial charge in [-0.1, -0.05) is 92.2 Å². The summed E-state index contributed by atoms with van der Waals surface area (Å²) in [6, 6.07) is 55.0. The molecule has 1 nitrogen and oxygen atoms in total. The third-order valence-electron chi connectivity index (χ3n) is 9.59. The number of unbranched alkanes of at least 4 members (excludes halogenated alkanes) is 1. The summed E-state index contributed by atoms with van der Waals surface area (Å²) in [6.45, 7) is 8.02. The Morgan fingerprint density at radius 1 is 0.510 bits per heavy atom. The first-order valence-corrected chi connectivity index (χ1v) is 19.0. The Kier molecular flexibility index (Phi) is 10.6. The van der Waals surface area contributed by atoms with Gasteiger partial charge in [-0.25, -0.2) is 0 Å². The molecule has 0 aromatic heterocycles. The second kappa shape index (κ2) is 15.6. The standard InChI is InChI=1S/C47H38BBr2N/c1-3-4-8-31-11-13-33(14-12-31)34-15-19-37(20-16-34)42-27-39(32-9-6-5-7-10-32)28-43(46(42)40-29-44(49)47(51)45(50)30-40)38-21-17-35(18-22-38)36-23-25-41(48-2)26-24-36/h5-7,9-30H,2-4,8,51H2,1H3. The van der Waals surface area contributed by atoms with Gasteiger partial charge in [0, 0.05) is 8.95 Å². The molecule has 2 N–H and O–H groups in total. The van der Waals surface area contributed by atoms with E-state index in [1.165, 1.54) is 46.2 Å². The Balaban J connectivity index is 1.40. The van der Waals surface area contributed by atoms with Crippen molar-refractivity contribution >= 4 is 56.4 Å². The van der Waals surface area contributed by atoms with Crippen molar-refractivity contribution < 1.29 is 0 Å². The van der Waals surface area contributed by atoms with Crippen LogP contribution in [0.3, 0.4) is 0 Å². The van der Waals surface area contributed by atoms with Gasteiger partial charge in [-0.3, -0.25) is 0 Å². The van der Waals surface area contributed by atoms with Crippen LogP contribution in [0.2, 0.25) is 0 Å². The molecular weight excluding hydrogens is 749 g/mol. The van der Waals surface area contributed by atoms with Crippen LogP contribution in [0.4, 0.5) is 5.69 Å². The van der Waals surface area contributed by atoms with Crippen LogP contribution >= 0.6 is 31.9 Å². The van der Waals surface area contributed by atoms with Crippen LogP contribution in [-0.2, 0) is 6.42 Å². The van der Waals surface area contributed by atoms with Gasteiger partial charge in [0.05, 0.1) is 5.69 Å². The molecule has 0 unspecified atom stereocenters. The number of hydrogen-bond donors (Lipinski definition) is 1. The molecule has 0 aliphatic heterocycles. The minimum atomic E-state index is 0.680. The molecule has 4 heteroatoms. The van der Waals surface area contributed by atoms with Gasteiger partial charge in [0.1, 0.15) is 0 Å². The van der Waals surface area contributed by atoms with Crippen LogP contribution in [0, 0.1) is 0 Å². The second-order valence-corrected chi connectivity index (χ2v) is 14.7. The molecule has 7 rings (SSSR count). The zero-order valence-corrected chi connectivity index (χ0v) is 31.8. The van der Waals surface area contributed by atoms with Crippen molar-refractivity contribution in [3.05, 3.63) is 166 Å². The Labute approximate surface area is 319 Å². The van der Waals surface area contributed by atoms with E-state index in [2.05, 4.69) is 197 Å². The van der Waals surface area contributed by atoms with Gasteiger partial charge in [0.15, 0.2) is 0 Å². The van der Waals surface area contributed by atoms with Crippen LogP contribution < -0.4 is 11.2 Å². The number of halogens is 2. The Morgan fingerprint density at radius 2 is 0.941 bits per heavy atom. The third kappa shape index (κ3) is 7.64. The summed E-state index contributed by atoms with van der Waals surface area (Å²) >= 11 is 7.49. The number of rotatable bonds is 10. The number of nitrogens with two attached hydrogens (primary N) is 1. The van der Waals surface area contributed by atoms with Crippen molar-refractivity contribution in [2.75, 3.05) is 5.73 Å². The summed E-state index contributed by atoms with van der Waals surface area (Å²) in [7, 11) is 0. The van der Waals surface area contributed by atoms with Gasteiger partial charge in [-0.2, -0.15) is 0 Å². The monoisotopic (exact) mass is 785 g/mol. The van der Waals surface area contributed by atoms with Gasteiger partial charge in [0.25, 0.3) is 0 Å². The average molecular weight is 787 g/mol. The van der Waals surface area contributed by atoms with Crippen molar-refractivity contribution in [3.63, 3.8) is 0 Å². The first kappa shape index (κ1) is 34.7. The molecule has 0 spiro atoms. The normalized spacial score (nSPS) is 11.0. The van der Waals surface area contributed by atoms with Crippen LogP contribution in [0.15, 0.2) is 161 Å². The van der Waals surface area contributed by atoms with Crippen LogP contribution in [-0.4, -0.2) is 13.4 Å². The van der Waals surface area contributed by atoms with Crippen LogP contribution in [0.25, 0.3) is 66.8 Å². The van der Waals surface area contributed by atoms with Crippen molar-refractivity contribution in [3.8, 4) is 66.8 Å². The van der Waals surface area contributed by atoms with Gasteiger partial charge in [0.2, 0.25) is 0 Å². The van der Waals surface area contributed by atoms with E-state index in [0.717, 1.165) is 59.8 Å². The van der Waals surface area contributed by atoms with E-state index in [0.29, 0.717) is 5.69 Å². The van der Waals surface area contributed by atoms with E-state index < -0.39 is 0 Å². The molecule has 0 aliphatic rings. The van der Waals surface area contributed by atoms with E-state index in [-0.39, 0.29) is 0 Å². The van der Waals surface area contributed by atoms with Gasteiger partial charge >= 0.3 is 147 Å². The molecule has 0 aliphatic carbocycles. The minimum absolute atomic E-state index is 0.680. The molecule has 0 heterocycles. The Morgan fingerprint density at radius 3 is 1.41 bits per heavy atom. The topological polar surface area (TPSA) is 26.0 Å². The molecule has 0 amide bonds. The predicted molar refractivity (Wildman–Crippen MR) is 230 cm³/mol. The number of anilines is 1. The van der Waals surface area contributed by atoms with Crippen molar-refractivity contribution in [2.45, 2.75) is 26.2 Å². The van der Waals surface area contributed by atoms with E-state index in [1.807, 2.05) is 6.92 Å². The molecule has 0 saturated carbocycles. The molecule has 248 valence electrons. The zero-order valence-electron chi connectivity index (χ0n) is 28.7. The van der Waals surface area contributed by atoms with Gasteiger partial charge < -0.3 is 5.73 Å². The second-order valence-electron chi connectivity index (χ2n) is 12.9. The SMILES string of the molecule is C=Bc1ccc(-c2ccc(-c3cc(-c4ccccc4)cc(-c4ccc(-c5ccc(CCCC)cc5)cc4)c3-c3cc(Br)c(N)c(Br)c3)cc2)cc1. The summed E-state index contributed by atoms with van der Waals surface area (Å²) in [5.74, 6) is 0. The maximum atomic E-state index is 6.42. The van der Waals surface area contributed by atoms with E-state index in [1.54, 1.807) is 0 Å². The average Bonchev–Trinajstić information content (AvgIpc) is 3.19. The fourth-order valence-electron chi connectivity index (χ4n) is 6.68. The first-order valence-electron chi connectivity index (χ1n) is 17.4. The Bertz CT molecular complexity index is 2270. The van der Waals surface area contributed by atoms with E-state index in [9.17, 15) is 0 Å². The van der Waals surface area contributed by atoms with Crippen LogP contribution in [0.1, 0.15) is 25.3 Å². The molecular formula is C47H38BBr2N. The summed E-state index contributed by atoms with van der Waals surface area (Å²) in [5.41, 5.74) is 23.5. The number of hydrogen-bond acceptors (Lipinski definition) is 1. The molecule has 0 radical (unpaired) electrons. The van der Waals surface area contributed by atoms with E-state index in [4.69, 9.17) is 5.73 Å². The molecule has 51 heavy (non-hydrogen) atoms. The van der Waals surface area contributed by atoms with Crippen molar-refractivity contribution in [1.29, 1.82) is 0 Å². The fourth-order valence-corrected chi connectivity index (χ4v) is 7.86. The van der Waals surface area contributed by atoms with E-state index >= 15 is 0 Å². The zero-order chi connectivity index (χ0) is 35.3. The fraction of sp³-hybridized carbons (Fsp3) is 0.0851. The third-order valence-corrected chi connectivity index (χ3v) is 10.9. The molecule has 0 bridgehead atoms. The number of aryl methyl sites for hydroxylation is 1. The van der Waals surface area contributed by atoms with Crippen molar-refractivity contribution in [1.82, 2.24) is 0 Å². The molecule has 7 aromatic carbocycles. The number of nitrogen functional groups attached to an aromatic ring is 1. The summed E-state index contributed by atoms with van der Waals surface area (Å²) in [4.78, 5) is 0. The molecule has 0 fully saturated rings. The molecule has 0 saturated heterocycles. The van der Waals surface area contributed by atoms with Crippen molar-refractivity contribution in [2.24, 2.45) is 0 Å². The van der Waals surface area contributed by atoms with Gasteiger partial charge in [-0.05, 0) is 61.4 Å². The maximum absolute atomic E-state index is 6.42. The predicted octanol–water partition coefficient (Wildman–Crippen LogP) is 12.9.